The van der Waals surface area contributed by atoms with Crippen LogP contribution >= 0.6 is 0 Å². The number of hydrogen-bond donors (Lipinski definition) is 2. The third kappa shape index (κ3) is 3.85. The molecule has 1 aromatic rings. The van der Waals surface area contributed by atoms with Crippen molar-refractivity contribution in [3.63, 3.8) is 0 Å². The third-order valence-electron chi connectivity index (χ3n) is 2.63. The number of H-pyrrole nitrogens is 1. The van der Waals surface area contributed by atoms with Crippen LogP contribution in [0.2, 0.25) is 0 Å². The first kappa shape index (κ1) is 13.7. The normalized spacial score (nSPS) is 10.9. The van der Waals surface area contributed by atoms with E-state index in [2.05, 4.69) is 21.8 Å². The fourth-order valence-corrected chi connectivity index (χ4v) is 1.62. The van der Waals surface area contributed by atoms with Crippen molar-refractivity contribution in [3.8, 4) is 0 Å². The van der Waals surface area contributed by atoms with Gasteiger partial charge in [0.1, 0.15) is 11.6 Å². The maximum absolute atomic E-state index is 11.6. The third-order valence-corrected chi connectivity index (χ3v) is 2.63. The number of nitrogens with zero attached hydrogens (tertiary/aromatic N) is 2. The first-order valence-electron chi connectivity index (χ1n) is 6.14. The minimum atomic E-state index is -0.0927. The Labute approximate surface area is 102 Å². The average Bonchev–Trinajstić information content (AvgIpc) is 2.29. The molecule has 0 aromatic carbocycles. The van der Waals surface area contributed by atoms with E-state index in [0.717, 1.165) is 31.2 Å². The molecular weight excluding hydrogens is 216 g/mol. The number of aromatic nitrogens is 2. The summed E-state index contributed by atoms with van der Waals surface area (Å²) in [5.41, 5.74) is 5.41. The van der Waals surface area contributed by atoms with Crippen molar-refractivity contribution in [3.05, 3.63) is 22.2 Å². The molecule has 3 N–H and O–H groups in total. The molecule has 0 radical (unpaired) electrons. The zero-order valence-corrected chi connectivity index (χ0v) is 10.9. The Morgan fingerprint density at radius 2 is 2.24 bits per heavy atom. The number of nitrogens with two attached hydrogens (primary N) is 1. The van der Waals surface area contributed by atoms with Crippen LogP contribution < -0.4 is 16.2 Å². The molecule has 96 valence electrons. The fourth-order valence-electron chi connectivity index (χ4n) is 1.62. The molecule has 0 atom stereocenters. The molecule has 1 aromatic heterocycles. The summed E-state index contributed by atoms with van der Waals surface area (Å²) in [6.45, 7) is 8.39. The van der Waals surface area contributed by atoms with Crippen molar-refractivity contribution in [1.29, 1.82) is 0 Å². The van der Waals surface area contributed by atoms with E-state index in [1.807, 2.05) is 13.8 Å². The summed E-state index contributed by atoms with van der Waals surface area (Å²) in [6, 6.07) is 1.55. The van der Waals surface area contributed by atoms with Crippen LogP contribution in [0.4, 0.5) is 5.82 Å². The van der Waals surface area contributed by atoms with Crippen LogP contribution in [0, 0.1) is 0 Å². The van der Waals surface area contributed by atoms with Gasteiger partial charge >= 0.3 is 0 Å². The Balaban J connectivity index is 2.98. The van der Waals surface area contributed by atoms with Gasteiger partial charge in [-0.2, -0.15) is 0 Å². The SMILES string of the molecule is CCN(CCCN)c1cc(=O)[nH]c(C(C)C)n1. The lowest BCUT2D eigenvalue weighted by atomic mass is 10.2. The van der Waals surface area contributed by atoms with Crippen molar-refractivity contribution in [2.75, 3.05) is 24.5 Å². The molecule has 0 amide bonds. The van der Waals surface area contributed by atoms with Crippen molar-refractivity contribution in [2.24, 2.45) is 5.73 Å². The van der Waals surface area contributed by atoms with E-state index in [-0.39, 0.29) is 11.5 Å². The van der Waals surface area contributed by atoms with Crippen LogP contribution in [0.1, 0.15) is 38.9 Å². The van der Waals surface area contributed by atoms with Crippen LogP contribution in [0.3, 0.4) is 0 Å². The molecular formula is C12H22N4O. The van der Waals surface area contributed by atoms with Crippen molar-refractivity contribution in [1.82, 2.24) is 9.97 Å². The molecule has 0 aliphatic rings. The Morgan fingerprint density at radius 1 is 1.53 bits per heavy atom. The minimum Gasteiger partial charge on any atom is -0.357 e. The predicted octanol–water partition coefficient (Wildman–Crippen LogP) is 1.07. The molecule has 0 spiro atoms. The maximum Gasteiger partial charge on any atom is 0.252 e. The van der Waals surface area contributed by atoms with E-state index in [1.165, 1.54) is 0 Å². The maximum atomic E-state index is 11.6. The summed E-state index contributed by atoms with van der Waals surface area (Å²) in [7, 11) is 0. The van der Waals surface area contributed by atoms with Gasteiger partial charge in [-0.15, -0.1) is 0 Å². The highest BCUT2D eigenvalue weighted by atomic mass is 16.1. The Hall–Kier alpha value is -1.36. The molecule has 0 aliphatic carbocycles. The second-order valence-electron chi connectivity index (χ2n) is 4.37. The quantitative estimate of drug-likeness (QED) is 0.777. The molecule has 0 unspecified atom stereocenters. The Bertz CT molecular complexity index is 400. The van der Waals surface area contributed by atoms with Crippen molar-refractivity contribution < 1.29 is 0 Å². The number of nitrogens with one attached hydrogen (secondary N) is 1. The molecule has 17 heavy (non-hydrogen) atoms. The molecule has 0 fully saturated rings. The van der Waals surface area contributed by atoms with Crippen LogP contribution in [-0.2, 0) is 0 Å². The Kier molecular flexibility index (Phi) is 5.15. The highest BCUT2D eigenvalue weighted by Crippen LogP contribution is 2.12. The lowest BCUT2D eigenvalue weighted by Gasteiger charge is -2.22. The molecule has 0 saturated heterocycles. The highest BCUT2D eigenvalue weighted by molar-refractivity contribution is 5.37. The second-order valence-corrected chi connectivity index (χ2v) is 4.37. The van der Waals surface area contributed by atoms with E-state index < -0.39 is 0 Å². The smallest absolute Gasteiger partial charge is 0.252 e. The van der Waals surface area contributed by atoms with Gasteiger partial charge in [0.15, 0.2) is 0 Å². The van der Waals surface area contributed by atoms with Gasteiger partial charge in [-0.25, -0.2) is 4.98 Å². The van der Waals surface area contributed by atoms with E-state index in [4.69, 9.17) is 5.73 Å². The first-order valence-corrected chi connectivity index (χ1v) is 6.14. The zero-order chi connectivity index (χ0) is 12.8. The minimum absolute atomic E-state index is 0.0927. The summed E-state index contributed by atoms with van der Waals surface area (Å²) in [6.07, 6.45) is 0.902. The molecule has 0 saturated carbocycles. The van der Waals surface area contributed by atoms with Gasteiger partial charge in [0.2, 0.25) is 0 Å². The van der Waals surface area contributed by atoms with Gasteiger partial charge in [-0.3, -0.25) is 4.79 Å². The predicted molar refractivity (Wildman–Crippen MR) is 70.5 cm³/mol. The fraction of sp³-hybridized carbons (Fsp3) is 0.667. The van der Waals surface area contributed by atoms with E-state index in [9.17, 15) is 4.79 Å². The Morgan fingerprint density at radius 3 is 2.76 bits per heavy atom. The summed E-state index contributed by atoms with van der Waals surface area (Å²) >= 11 is 0. The number of anilines is 1. The largest absolute Gasteiger partial charge is 0.357 e. The van der Waals surface area contributed by atoms with E-state index >= 15 is 0 Å². The summed E-state index contributed by atoms with van der Waals surface area (Å²) in [4.78, 5) is 20.9. The summed E-state index contributed by atoms with van der Waals surface area (Å²) < 4.78 is 0. The molecule has 5 heteroatoms. The van der Waals surface area contributed by atoms with Crippen LogP contribution in [0.5, 0.6) is 0 Å². The van der Waals surface area contributed by atoms with E-state index in [0.29, 0.717) is 6.54 Å². The lowest BCUT2D eigenvalue weighted by Crippen LogP contribution is -2.28. The number of aromatic amines is 1. The standard InChI is InChI=1S/C12H22N4O/c1-4-16(7-5-6-13)10-8-11(17)15-12(14-10)9(2)3/h8-9H,4-7,13H2,1-3H3,(H,14,15,17). The summed E-state index contributed by atoms with van der Waals surface area (Å²) in [5, 5.41) is 0. The van der Waals surface area contributed by atoms with Gasteiger partial charge in [0.25, 0.3) is 5.56 Å². The zero-order valence-electron chi connectivity index (χ0n) is 10.9. The first-order chi connectivity index (χ1) is 8.08. The monoisotopic (exact) mass is 238 g/mol. The van der Waals surface area contributed by atoms with Crippen LogP contribution in [0.25, 0.3) is 0 Å². The van der Waals surface area contributed by atoms with Gasteiger partial charge in [0.05, 0.1) is 0 Å². The molecule has 0 bridgehead atoms. The van der Waals surface area contributed by atoms with Gasteiger partial charge in [-0.05, 0) is 19.9 Å². The number of rotatable bonds is 6. The molecule has 5 nitrogen and oxygen atoms in total. The van der Waals surface area contributed by atoms with Gasteiger partial charge in [0, 0.05) is 25.1 Å². The highest BCUT2D eigenvalue weighted by Gasteiger charge is 2.10. The van der Waals surface area contributed by atoms with Gasteiger partial charge < -0.3 is 15.6 Å². The van der Waals surface area contributed by atoms with Crippen LogP contribution in [-0.4, -0.2) is 29.6 Å². The molecule has 0 aliphatic heterocycles. The van der Waals surface area contributed by atoms with Crippen molar-refractivity contribution >= 4 is 5.82 Å². The topological polar surface area (TPSA) is 75.0 Å². The average molecular weight is 238 g/mol. The van der Waals surface area contributed by atoms with Crippen molar-refractivity contribution in [2.45, 2.75) is 33.1 Å². The number of hydrogen-bond acceptors (Lipinski definition) is 4. The van der Waals surface area contributed by atoms with Crippen LogP contribution in [0.15, 0.2) is 10.9 Å². The second kappa shape index (κ2) is 6.39. The summed E-state index contributed by atoms with van der Waals surface area (Å²) in [5.74, 6) is 1.70. The molecule has 1 heterocycles. The molecule has 1 rings (SSSR count). The van der Waals surface area contributed by atoms with Gasteiger partial charge in [-0.1, -0.05) is 13.8 Å². The van der Waals surface area contributed by atoms with E-state index in [1.54, 1.807) is 6.07 Å². The lowest BCUT2D eigenvalue weighted by molar-refractivity contribution is 0.718.